The minimum absolute atomic E-state index is 0.0632. The van der Waals surface area contributed by atoms with Crippen molar-refractivity contribution in [3.05, 3.63) is 81.1 Å². The van der Waals surface area contributed by atoms with Crippen LogP contribution in [-0.4, -0.2) is 52.2 Å². The van der Waals surface area contributed by atoms with Crippen LogP contribution in [0.2, 0.25) is 5.02 Å². The van der Waals surface area contributed by atoms with Crippen LogP contribution in [0.4, 0.5) is 20.7 Å². The van der Waals surface area contributed by atoms with Crippen molar-refractivity contribution in [1.82, 2.24) is 14.5 Å². The van der Waals surface area contributed by atoms with Crippen LogP contribution in [-0.2, 0) is 16.0 Å². The number of nitrogens with zero attached hydrogens (tertiary/aromatic N) is 3. The van der Waals surface area contributed by atoms with Gasteiger partial charge in [0.1, 0.15) is 17.7 Å². The van der Waals surface area contributed by atoms with E-state index < -0.39 is 23.8 Å². The molecule has 2 aromatic heterocycles. The number of nitrogens with one attached hydrogen (secondary N) is 2. The smallest absolute Gasteiger partial charge is 0.323 e. The number of benzene rings is 1. The average Bonchev–Trinajstić information content (AvgIpc) is 3.32. The number of methoxy groups -OCH3 is 1. The third-order valence-corrected chi connectivity index (χ3v) is 6.55. The molecule has 1 fully saturated rings. The van der Waals surface area contributed by atoms with Gasteiger partial charge >= 0.3 is 6.03 Å². The summed E-state index contributed by atoms with van der Waals surface area (Å²) in [5, 5.41) is 5.63. The first kappa shape index (κ1) is 26.3. The lowest BCUT2D eigenvalue weighted by molar-refractivity contribution is -0.119. The number of carbonyl (C=O) groups is 2. The van der Waals surface area contributed by atoms with Gasteiger partial charge in [-0.25, -0.2) is 14.2 Å². The fraction of sp³-hybridized carbons (Fsp3) is 0.308. The van der Waals surface area contributed by atoms with Crippen LogP contribution in [0, 0.1) is 12.7 Å². The van der Waals surface area contributed by atoms with Crippen molar-refractivity contribution < 1.29 is 18.7 Å². The second kappa shape index (κ2) is 11.1. The number of likely N-dealkylation sites (tertiary alicyclic amines) is 1. The number of aromatic nitrogens is 2. The van der Waals surface area contributed by atoms with Gasteiger partial charge in [0, 0.05) is 43.6 Å². The predicted molar refractivity (Wildman–Crippen MR) is 139 cm³/mol. The van der Waals surface area contributed by atoms with Crippen molar-refractivity contribution in [3.8, 4) is 5.69 Å². The third kappa shape index (κ3) is 5.65. The molecule has 3 heterocycles. The van der Waals surface area contributed by atoms with Gasteiger partial charge in [-0.05, 0) is 43.7 Å². The van der Waals surface area contributed by atoms with Crippen molar-refractivity contribution >= 4 is 35.0 Å². The molecule has 0 spiro atoms. The Bertz CT molecular complexity index is 1380. The highest BCUT2D eigenvalue weighted by Crippen LogP contribution is 2.25. The van der Waals surface area contributed by atoms with Gasteiger partial charge in [0.2, 0.25) is 5.91 Å². The third-order valence-electron chi connectivity index (χ3n) is 6.33. The predicted octanol–water partition coefficient (Wildman–Crippen LogP) is 4.16. The molecule has 1 aromatic carbocycles. The molecule has 0 saturated carbocycles. The molecule has 11 heteroatoms. The van der Waals surface area contributed by atoms with E-state index in [-0.39, 0.29) is 36.1 Å². The van der Waals surface area contributed by atoms with Crippen LogP contribution in [0.5, 0.6) is 0 Å². The van der Waals surface area contributed by atoms with Crippen molar-refractivity contribution in [2.75, 3.05) is 24.3 Å². The van der Waals surface area contributed by atoms with Gasteiger partial charge in [-0.3, -0.25) is 19.5 Å². The number of ether oxygens (including phenoxy) is 1. The molecule has 37 heavy (non-hydrogen) atoms. The van der Waals surface area contributed by atoms with Gasteiger partial charge in [0.15, 0.2) is 0 Å². The summed E-state index contributed by atoms with van der Waals surface area (Å²) in [5.74, 6) is -0.998. The van der Waals surface area contributed by atoms with Gasteiger partial charge in [-0.1, -0.05) is 24.6 Å². The summed E-state index contributed by atoms with van der Waals surface area (Å²) >= 11 is 5.84. The van der Waals surface area contributed by atoms with Crippen molar-refractivity contribution in [2.45, 2.75) is 38.8 Å². The zero-order chi connectivity index (χ0) is 26.7. The molecular weight excluding hydrogens is 501 g/mol. The van der Waals surface area contributed by atoms with E-state index >= 15 is 4.39 Å². The Kier molecular flexibility index (Phi) is 7.89. The number of urea groups is 1. The summed E-state index contributed by atoms with van der Waals surface area (Å²) in [6.45, 7) is 3.81. The molecule has 0 radical (unpaired) electrons. The van der Waals surface area contributed by atoms with Crippen LogP contribution >= 0.6 is 11.6 Å². The Morgan fingerprint density at radius 2 is 1.97 bits per heavy atom. The first-order chi connectivity index (χ1) is 17.7. The monoisotopic (exact) mass is 527 g/mol. The molecule has 3 amide bonds. The molecule has 0 aliphatic carbocycles. The number of aryl methyl sites for hydroxylation is 2. The van der Waals surface area contributed by atoms with E-state index in [4.69, 9.17) is 16.3 Å². The van der Waals surface area contributed by atoms with Gasteiger partial charge in [-0.15, -0.1) is 0 Å². The summed E-state index contributed by atoms with van der Waals surface area (Å²) in [4.78, 5) is 44.2. The number of anilines is 2. The standard InChI is InChI=1S/C26H27ClFN5O4/c1-4-16-6-5-15(2)33(25(16)35)18-8-9-21(20(28)11-18)30-24(34)22-12-19(37-3)14-32(22)26(36)31-23-10-7-17(27)13-29-23/h5-11,13,19,22H,4,12,14H2,1-3H3,(H,30,34)(H,29,31,36)/t19-,22-/m1/s1. The molecule has 2 N–H and O–H groups in total. The molecule has 9 nitrogen and oxygen atoms in total. The van der Waals surface area contributed by atoms with Gasteiger partial charge < -0.3 is 15.0 Å². The lowest BCUT2D eigenvalue weighted by atomic mass is 10.1. The Balaban J connectivity index is 1.53. The number of halogens is 2. The van der Waals surface area contributed by atoms with E-state index in [0.717, 1.165) is 0 Å². The van der Waals surface area contributed by atoms with E-state index in [1.807, 2.05) is 6.92 Å². The fourth-order valence-electron chi connectivity index (χ4n) is 4.29. The molecular formula is C26H27ClFN5O4. The highest BCUT2D eigenvalue weighted by molar-refractivity contribution is 6.30. The van der Waals surface area contributed by atoms with Crippen LogP contribution in [0.3, 0.4) is 0 Å². The molecule has 3 aromatic rings. The molecule has 1 saturated heterocycles. The first-order valence-corrected chi connectivity index (χ1v) is 12.1. The normalized spacial score (nSPS) is 17.1. The lowest BCUT2D eigenvalue weighted by Gasteiger charge is -2.24. The van der Waals surface area contributed by atoms with Crippen LogP contribution < -0.4 is 16.2 Å². The Labute approximate surface area is 218 Å². The number of hydrogen-bond acceptors (Lipinski definition) is 5. The molecule has 2 atom stereocenters. The van der Waals surface area contributed by atoms with Gasteiger partial charge in [-0.2, -0.15) is 0 Å². The quantitative estimate of drug-likeness (QED) is 0.501. The molecule has 1 aliphatic rings. The zero-order valence-electron chi connectivity index (χ0n) is 20.6. The second-order valence-electron chi connectivity index (χ2n) is 8.70. The van der Waals surface area contributed by atoms with Crippen molar-refractivity contribution in [1.29, 1.82) is 0 Å². The highest BCUT2D eigenvalue weighted by atomic mass is 35.5. The molecule has 0 bridgehead atoms. The highest BCUT2D eigenvalue weighted by Gasteiger charge is 2.40. The van der Waals surface area contributed by atoms with E-state index in [1.54, 1.807) is 37.3 Å². The first-order valence-electron chi connectivity index (χ1n) is 11.8. The fourth-order valence-corrected chi connectivity index (χ4v) is 4.41. The summed E-state index contributed by atoms with van der Waals surface area (Å²) in [5.41, 5.74) is 1.35. The minimum Gasteiger partial charge on any atom is -0.380 e. The number of amides is 3. The average molecular weight is 528 g/mol. The molecule has 4 rings (SSSR count). The number of hydrogen-bond donors (Lipinski definition) is 2. The number of rotatable bonds is 6. The Morgan fingerprint density at radius 1 is 1.19 bits per heavy atom. The van der Waals surface area contributed by atoms with E-state index in [1.165, 1.54) is 34.9 Å². The van der Waals surface area contributed by atoms with Gasteiger partial charge in [0.05, 0.1) is 22.5 Å². The zero-order valence-corrected chi connectivity index (χ0v) is 21.4. The molecule has 1 aliphatic heterocycles. The van der Waals surface area contributed by atoms with E-state index in [0.29, 0.717) is 28.4 Å². The van der Waals surface area contributed by atoms with E-state index in [9.17, 15) is 14.4 Å². The summed E-state index contributed by atoms with van der Waals surface area (Å²) < 4.78 is 21.9. The maximum atomic E-state index is 15.1. The van der Waals surface area contributed by atoms with Crippen LogP contribution in [0.25, 0.3) is 5.69 Å². The van der Waals surface area contributed by atoms with Crippen LogP contribution in [0.15, 0.2) is 53.5 Å². The summed E-state index contributed by atoms with van der Waals surface area (Å²) in [6.07, 6.45) is 1.82. The van der Waals surface area contributed by atoms with E-state index in [2.05, 4.69) is 15.6 Å². The lowest BCUT2D eigenvalue weighted by Crippen LogP contribution is -2.45. The SMILES string of the molecule is CCc1ccc(C)n(-c2ccc(NC(=O)[C@H]3C[C@@H](OC)CN3C(=O)Nc3ccc(Cl)cn3)c(F)c2)c1=O. The van der Waals surface area contributed by atoms with Crippen LogP contribution in [0.1, 0.15) is 24.6 Å². The topological polar surface area (TPSA) is 106 Å². The summed E-state index contributed by atoms with van der Waals surface area (Å²) in [6, 6.07) is 9.41. The minimum atomic E-state index is -0.901. The largest absolute Gasteiger partial charge is 0.380 e. The van der Waals surface area contributed by atoms with Crippen molar-refractivity contribution in [2.24, 2.45) is 0 Å². The number of pyridine rings is 2. The van der Waals surface area contributed by atoms with Gasteiger partial charge in [0.25, 0.3) is 5.56 Å². The maximum Gasteiger partial charge on any atom is 0.323 e. The Morgan fingerprint density at radius 3 is 2.62 bits per heavy atom. The maximum absolute atomic E-state index is 15.1. The molecule has 0 unspecified atom stereocenters. The van der Waals surface area contributed by atoms with Crippen molar-refractivity contribution in [3.63, 3.8) is 0 Å². The number of carbonyl (C=O) groups excluding carboxylic acids is 2. The summed E-state index contributed by atoms with van der Waals surface area (Å²) in [7, 11) is 1.50. The second-order valence-corrected chi connectivity index (χ2v) is 9.14. The Hall–Kier alpha value is -3.76. The molecule has 194 valence electrons.